The van der Waals surface area contributed by atoms with Gasteiger partial charge in [-0.3, -0.25) is 9.59 Å². The van der Waals surface area contributed by atoms with Crippen molar-refractivity contribution in [1.29, 1.82) is 0 Å². The van der Waals surface area contributed by atoms with Gasteiger partial charge in [-0.1, -0.05) is 55.7 Å². The fourth-order valence-electron chi connectivity index (χ4n) is 4.21. The van der Waals surface area contributed by atoms with Gasteiger partial charge in [-0.05, 0) is 68.9 Å². The number of carbonyl (C=O) groups is 2. The Labute approximate surface area is 192 Å². The van der Waals surface area contributed by atoms with Gasteiger partial charge in [0.1, 0.15) is 11.8 Å². The molecule has 1 atom stereocenters. The van der Waals surface area contributed by atoms with E-state index in [1.54, 1.807) is 4.90 Å². The van der Waals surface area contributed by atoms with E-state index in [4.69, 9.17) is 4.74 Å². The van der Waals surface area contributed by atoms with Gasteiger partial charge >= 0.3 is 0 Å². The van der Waals surface area contributed by atoms with Crippen LogP contribution >= 0.6 is 0 Å². The van der Waals surface area contributed by atoms with Crippen LogP contribution in [0.5, 0.6) is 5.75 Å². The predicted octanol–water partition coefficient (Wildman–Crippen LogP) is 4.86. The van der Waals surface area contributed by atoms with Crippen molar-refractivity contribution < 1.29 is 14.3 Å². The first-order chi connectivity index (χ1) is 15.4. The van der Waals surface area contributed by atoms with E-state index >= 15 is 0 Å². The van der Waals surface area contributed by atoms with Crippen LogP contribution in [0.1, 0.15) is 61.3 Å². The van der Waals surface area contributed by atoms with E-state index in [1.165, 1.54) is 5.56 Å². The van der Waals surface area contributed by atoms with Gasteiger partial charge in [0.25, 0.3) is 5.91 Å². The lowest BCUT2D eigenvalue weighted by atomic mass is 10.1. The van der Waals surface area contributed by atoms with E-state index in [1.807, 2.05) is 70.2 Å². The molecule has 0 radical (unpaired) electrons. The lowest BCUT2D eigenvalue weighted by Crippen LogP contribution is -2.52. The van der Waals surface area contributed by atoms with Crippen LogP contribution in [0.4, 0.5) is 0 Å². The first-order valence-corrected chi connectivity index (χ1v) is 11.7. The normalized spacial score (nSPS) is 14.8. The minimum absolute atomic E-state index is 0.0638. The third-order valence-electron chi connectivity index (χ3n) is 6.40. The molecule has 172 valence electrons. The summed E-state index contributed by atoms with van der Waals surface area (Å²) < 4.78 is 5.83. The molecule has 0 aliphatic heterocycles. The monoisotopic (exact) mass is 436 g/mol. The highest BCUT2D eigenvalue weighted by molar-refractivity contribution is 5.88. The quantitative estimate of drug-likeness (QED) is 0.611. The molecule has 2 aromatic carbocycles. The molecular weight excluding hydrogens is 400 g/mol. The van der Waals surface area contributed by atoms with Gasteiger partial charge in [0.15, 0.2) is 6.61 Å². The Balaban J connectivity index is 1.75. The number of hydrogen-bond donors (Lipinski definition) is 1. The Hall–Kier alpha value is -2.82. The molecule has 0 aromatic heterocycles. The largest absolute Gasteiger partial charge is 0.484 e. The van der Waals surface area contributed by atoms with E-state index in [0.29, 0.717) is 18.7 Å². The van der Waals surface area contributed by atoms with Crippen LogP contribution in [0.2, 0.25) is 0 Å². The van der Waals surface area contributed by atoms with Crippen molar-refractivity contribution in [2.24, 2.45) is 0 Å². The molecule has 0 saturated heterocycles. The SMILES string of the molecule is CC[C@H](C(=O)NC1CCCC1)N(Cc1ccc(C)cc1)C(=O)COc1ccc(C)c(C)c1. The highest BCUT2D eigenvalue weighted by Crippen LogP contribution is 2.20. The number of rotatable bonds is 9. The number of amides is 2. The number of aryl methyl sites for hydroxylation is 3. The van der Waals surface area contributed by atoms with Gasteiger partial charge in [0.05, 0.1) is 0 Å². The van der Waals surface area contributed by atoms with Crippen molar-refractivity contribution in [2.75, 3.05) is 6.61 Å². The second-order valence-electron chi connectivity index (χ2n) is 8.96. The smallest absolute Gasteiger partial charge is 0.261 e. The van der Waals surface area contributed by atoms with E-state index in [-0.39, 0.29) is 24.5 Å². The van der Waals surface area contributed by atoms with Gasteiger partial charge in [-0.2, -0.15) is 0 Å². The average Bonchev–Trinajstić information content (AvgIpc) is 3.28. The summed E-state index contributed by atoms with van der Waals surface area (Å²) in [6.45, 7) is 8.34. The molecule has 1 fully saturated rings. The van der Waals surface area contributed by atoms with Crippen LogP contribution in [0.15, 0.2) is 42.5 Å². The van der Waals surface area contributed by atoms with E-state index in [9.17, 15) is 9.59 Å². The highest BCUT2D eigenvalue weighted by Gasteiger charge is 2.30. The van der Waals surface area contributed by atoms with Crippen LogP contribution in [0, 0.1) is 20.8 Å². The molecule has 1 N–H and O–H groups in total. The zero-order valence-electron chi connectivity index (χ0n) is 19.8. The van der Waals surface area contributed by atoms with Crippen LogP contribution < -0.4 is 10.1 Å². The van der Waals surface area contributed by atoms with Crippen molar-refractivity contribution in [3.8, 4) is 5.75 Å². The Kier molecular flexibility index (Phi) is 8.32. The minimum atomic E-state index is -0.521. The van der Waals surface area contributed by atoms with Gasteiger partial charge in [0, 0.05) is 12.6 Å². The zero-order chi connectivity index (χ0) is 23.1. The molecule has 1 aliphatic rings. The lowest BCUT2D eigenvalue weighted by molar-refractivity contribution is -0.143. The molecule has 5 heteroatoms. The summed E-state index contributed by atoms with van der Waals surface area (Å²) in [7, 11) is 0. The number of benzene rings is 2. The van der Waals surface area contributed by atoms with Gasteiger partial charge in [-0.25, -0.2) is 0 Å². The number of nitrogens with one attached hydrogen (secondary N) is 1. The topological polar surface area (TPSA) is 58.6 Å². The predicted molar refractivity (Wildman–Crippen MR) is 128 cm³/mol. The second kappa shape index (κ2) is 11.2. The van der Waals surface area contributed by atoms with Gasteiger partial charge in [0.2, 0.25) is 5.91 Å². The average molecular weight is 437 g/mol. The summed E-state index contributed by atoms with van der Waals surface area (Å²) in [5.74, 6) is 0.420. The number of nitrogens with zero attached hydrogens (tertiary/aromatic N) is 1. The highest BCUT2D eigenvalue weighted by atomic mass is 16.5. The summed E-state index contributed by atoms with van der Waals surface area (Å²) in [5, 5.41) is 3.17. The van der Waals surface area contributed by atoms with Crippen LogP contribution in [0.3, 0.4) is 0 Å². The van der Waals surface area contributed by atoms with Crippen LogP contribution in [-0.2, 0) is 16.1 Å². The third kappa shape index (κ3) is 6.35. The van der Waals surface area contributed by atoms with Crippen molar-refractivity contribution in [2.45, 2.75) is 78.4 Å². The Morgan fingerprint density at radius 2 is 1.72 bits per heavy atom. The standard InChI is InChI=1S/C27H36N2O3/c1-5-25(27(31)28-23-8-6-7-9-23)29(17-22-13-10-19(2)11-14-22)26(30)18-32-24-15-12-20(3)21(4)16-24/h10-16,23,25H,5-9,17-18H2,1-4H3,(H,28,31)/t25-/m1/s1. The summed E-state index contributed by atoms with van der Waals surface area (Å²) in [6.07, 6.45) is 4.89. The maximum Gasteiger partial charge on any atom is 0.261 e. The number of carbonyl (C=O) groups excluding carboxylic acids is 2. The Morgan fingerprint density at radius 3 is 2.34 bits per heavy atom. The van der Waals surface area contributed by atoms with Crippen molar-refractivity contribution in [1.82, 2.24) is 10.2 Å². The summed E-state index contributed by atoms with van der Waals surface area (Å²) in [6, 6.07) is 13.6. The Morgan fingerprint density at radius 1 is 1.03 bits per heavy atom. The third-order valence-corrected chi connectivity index (χ3v) is 6.40. The molecule has 1 saturated carbocycles. The zero-order valence-corrected chi connectivity index (χ0v) is 19.8. The molecule has 32 heavy (non-hydrogen) atoms. The molecular formula is C27H36N2O3. The molecule has 1 aliphatic carbocycles. The van der Waals surface area contributed by atoms with E-state index < -0.39 is 6.04 Å². The molecule has 3 rings (SSSR count). The molecule has 5 nitrogen and oxygen atoms in total. The minimum Gasteiger partial charge on any atom is -0.484 e. The van der Waals surface area contributed by atoms with Gasteiger partial charge < -0.3 is 15.0 Å². The maximum absolute atomic E-state index is 13.3. The van der Waals surface area contributed by atoms with Crippen LogP contribution in [0.25, 0.3) is 0 Å². The van der Waals surface area contributed by atoms with Crippen LogP contribution in [-0.4, -0.2) is 35.4 Å². The molecule has 2 amide bonds. The molecule has 0 spiro atoms. The molecule has 2 aromatic rings. The summed E-state index contributed by atoms with van der Waals surface area (Å²) in [4.78, 5) is 28.1. The van der Waals surface area contributed by atoms with Crippen molar-refractivity contribution in [3.05, 3.63) is 64.7 Å². The second-order valence-corrected chi connectivity index (χ2v) is 8.96. The summed E-state index contributed by atoms with van der Waals surface area (Å²) in [5.41, 5.74) is 4.46. The fraction of sp³-hybridized carbons (Fsp3) is 0.481. The van der Waals surface area contributed by atoms with Crippen molar-refractivity contribution in [3.63, 3.8) is 0 Å². The number of ether oxygens (including phenoxy) is 1. The first kappa shape index (κ1) is 23.8. The fourth-order valence-corrected chi connectivity index (χ4v) is 4.21. The molecule has 0 unspecified atom stereocenters. The van der Waals surface area contributed by atoms with Crippen molar-refractivity contribution >= 4 is 11.8 Å². The van der Waals surface area contributed by atoms with Gasteiger partial charge in [-0.15, -0.1) is 0 Å². The van der Waals surface area contributed by atoms with E-state index in [0.717, 1.165) is 42.4 Å². The number of hydrogen-bond acceptors (Lipinski definition) is 3. The van der Waals surface area contributed by atoms with E-state index in [2.05, 4.69) is 5.32 Å². The summed E-state index contributed by atoms with van der Waals surface area (Å²) >= 11 is 0. The lowest BCUT2D eigenvalue weighted by Gasteiger charge is -2.31. The maximum atomic E-state index is 13.3. The first-order valence-electron chi connectivity index (χ1n) is 11.7. The Bertz CT molecular complexity index is 917. The molecule has 0 heterocycles. The molecule has 0 bridgehead atoms.